The second kappa shape index (κ2) is 6.88. The van der Waals surface area contributed by atoms with Crippen molar-refractivity contribution >= 4 is 17.2 Å². The molecule has 3 rings (SSSR count). The monoisotopic (exact) mass is 345 g/mol. The predicted molar refractivity (Wildman–Crippen MR) is 90.1 cm³/mol. The van der Waals surface area contributed by atoms with E-state index in [1.54, 1.807) is 22.7 Å². The number of fused-ring (bicyclic) bond motifs is 1. The quantitative estimate of drug-likeness (QED) is 0.765. The largest absolute Gasteiger partial charge is 0.490 e. The minimum atomic E-state index is -1.02. The molecule has 0 fully saturated rings. The normalized spacial score (nSPS) is 10.9. The first-order valence-electron chi connectivity index (χ1n) is 7.94. The van der Waals surface area contributed by atoms with Crippen molar-refractivity contribution in [2.75, 3.05) is 11.9 Å². The highest BCUT2D eigenvalue weighted by molar-refractivity contribution is 6.04. The van der Waals surface area contributed by atoms with Crippen molar-refractivity contribution in [1.82, 2.24) is 9.38 Å². The number of benzene rings is 1. The van der Waals surface area contributed by atoms with Gasteiger partial charge in [0.1, 0.15) is 5.69 Å². The highest BCUT2D eigenvalue weighted by Crippen LogP contribution is 2.24. The Kier molecular flexibility index (Phi) is 4.65. The van der Waals surface area contributed by atoms with E-state index in [4.69, 9.17) is 4.74 Å². The number of ether oxygens (including phenoxy) is 1. The summed E-state index contributed by atoms with van der Waals surface area (Å²) in [4.78, 5) is 17.2. The smallest absolute Gasteiger partial charge is 0.274 e. The number of aryl methyl sites for hydroxylation is 1. The molecule has 2 aromatic heterocycles. The Bertz CT molecular complexity index is 937. The molecule has 5 nitrogen and oxygen atoms in total. The lowest BCUT2D eigenvalue weighted by Gasteiger charge is -2.08. The van der Waals surface area contributed by atoms with Crippen LogP contribution in [0.4, 0.5) is 14.5 Å². The lowest BCUT2D eigenvalue weighted by molar-refractivity contribution is 0.102. The number of anilines is 1. The molecule has 2 heterocycles. The van der Waals surface area contributed by atoms with Gasteiger partial charge in [0.15, 0.2) is 23.0 Å². The number of pyridine rings is 1. The van der Waals surface area contributed by atoms with Gasteiger partial charge in [-0.1, -0.05) is 6.92 Å². The number of rotatable bonds is 5. The second-order valence-corrected chi connectivity index (χ2v) is 5.34. The summed E-state index contributed by atoms with van der Waals surface area (Å²) in [7, 11) is 0. The number of amides is 1. The number of nitrogens with zero attached hydrogens (tertiary/aromatic N) is 2. The van der Waals surface area contributed by atoms with E-state index in [9.17, 15) is 13.6 Å². The molecule has 0 radical (unpaired) electrons. The van der Waals surface area contributed by atoms with Crippen LogP contribution in [0.15, 0.2) is 36.5 Å². The van der Waals surface area contributed by atoms with Crippen molar-refractivity contribution in [2.45, 2.75) is 20.3 Å². The average molecular weight is 345 g/mol. The maximum Gasteiger partial charge on any atom is 0.274 e. The van der Waals surface area contributed by atoms with Crippen LogP contribution >= 0.6 is 0 Å². The molecule has 0 spiro atoms. The van der Waals surface area contributed by atoms with Crippen molar-refractivity contribution in [2.24, 2.45) is 0 Å². The van der Waals surface area contributed by atoms with Gasteiger partial charge in [0.05, 0.1) is 12.3 Å². The maximum absolute atomic E-state index is 13.3. The van der Waals surface area contributed by atoms with Crippen molar-refractivity contribution in [1.29, 1.82) is 0 Å². The van der Waals surface area contributed by atoms with E-state index in [2.05, 4.69) is 10.3 Å². The second-order valence-electron chi connectivity index (χ2n) is 5.34. The van der Waals surface area contributed by atoms with E-state index in [1.165, 1.54) is 6.07 Å². The van der Waals surface area contributed by atoms with Crippen LogP contribution in [0.25, 0.3) is 5.65 Å². The molecule has 0 aliphatic carbocycles. The third-order valence-corrected chi connectivity index (χ3v) is 3.71. The fourth-order valence-corrected chi connectivity index (χ4v) is 2.61. The molecule has 25 heavy (non-hydrogen) atoms. The number of nitrogens with one attached hydrogen (secondary N) is 1. The molecule has 0 unspecified atom stereocenters. The number of halogens is 2. The maximum atomic E-state index is 13.3. The zero-order valence-electron chi connectivity index (χ0n) is 13.8. The summed E-state index contributed by atoms with van der Waals surface area (Å²) < 4.78 is 33.6. The third kappa shape index (κ3) is 3.17. The summed E-state index contributed by atoms with van der Waals surface area (Å²) in [5, 5.41) is 2.58. The van der Waals surface area contributed by atoms with Crippen LogP contribution in [-0.4, -0.2) is 21.9 Å². The number of imidazole rings is 1. The van der Waals surface area contributed by atoms with Gasteiger partial charge in [0.25, 0.3) is 5.91 Å². The zero-order chi connectivity index (χ0) is 18.0. The molecule has 0 atom stereocenters. The fraction of sp³-hybridized carbons (Fsp3) is 0.222. The Morgan fingerprint density at radius 3 is 2.72 bits per heavy atom. The molecule has 0 aliphatic heterocycles. The highest BCUT2D eigenvalue weighted by Gasteiger charge is 2.20. The molecule has 0 saturated heterocycles. The molecule has 3 aromatic rings. The molecule has 1 aromatic carbocycles. The van der Waals surface area contributed by atoms with Gasteiger partial charge >= 0.3 is 0 Å². The fourth-order valence-electron chi connectivity index (χ4n) is 2.61. The van der Waals surface area contributed by atoms with Crippen LogP contribution in [-0.2, 0) is 6.42 Å². The molecule has 0 saturated carbocycles. The summed E-state index contributed by atoms with van der Waals surface area (Å²) in [6.45, 7) is 4.23. The van der Waals surface area contributed by atoms with Crippen LogP contribution in [0.2, 0.25) is 0 Å². The summed E-state index contributed by atoms with van der Waals surface area (Å²) >= 11 is 0. The van der Waals surface area contributed by atoms with Gasteiger partial charge in [-0.05, 0) is 37.6 Å². The number of hydrogen-bond acceptors (Lipinski definition) is 3. The SMILES string of the molecule is CCOc1cccn2c(C(=O)Nc3ccc(F)c(F)c3)c(CC)nc12. The molecule has 1 amide bonds. The predicted octanol–water partition coefficient (Wildman–Crippen LogP) is 3.83. The van der Waals surface area contributed by atoms with Gasteiger partial charge in [-0.2, -0.15) is 0 Å². The molecule has 0 aliphatic rings. The highest BCUT2D eigenvalue weighted by atomic mass is 19.2. The van der Waals surface area contributed by atoms with E-state index in [0.717, 1.165) is 12.1 Å². The molecule has 0 bridgehead atoms. The Balaban J connectivity index is 2.02. The first-order chi connectivity index (χ1) is 12.0. The van der Waals surface area contributed by atoms with Gasteiger partial charge in [-0.25, -0.2) is 13.8 Å². The van der Waals surface area contributed by atoms with Crippen molar-refractivity contribution in [3.05, 3.63) is 59.6 Å². The molecular weight excluding hydrogens is 328 g/mol. The van der Waals surface area contributed by atoms with E-state index in [-0.39, 0.29) is 5.69 Å². The summed E-state index contributed by atoms with van der Waals surface area (Å²) in [5.74, 6) is -1.87. The lowest BCUT2D eigenvalue weighted by Crippen LogP contribution is -2.16. The molecule has 130 valence electrons. The third-order valence-electron chi connectivity index (χ3n) is 3.71. The Morgan fingerprint density at radius 1 is 1.24 bits per heavy atom. The lowest BCUT2D eigenvalue weighted by atomic mass is 10.2. The van der Waals surface area contributed by atoms with Gasteiger partial charge < -0.3 is 10.1 Å². The minimum absolute atomic E-state index is 0.168. The standard InChI is InChI=1S/C18H17F2N3O2/c1-3-14-16(18(24)21-11-7-8-12(19)13(20)10-11)23-9-5-6-15(25-4-2)17(23)22-14/h5-10H,3-4H2,1-2H3,(H,21,24). The number of hydrogen-bond donors (Lipinski definition) is 1. The van der Waals surface area contributed by atoms with Gasteiger partial charge in [-0.3, -0.25) is 9.20 Å². The van der Waals surface area contributed by atoms with Crippen LogP contribution in [0.5, 0.6) is 5.75 Å². The summed E-state index contributed by atoms with van der Waals surface area (Å²) in [5.41, 5.74) is 1.63. The number of aromatic nitrogens is 2. The van der Waals surface area contributed by atoms with Gasteiger partial charge in [0.2, 0.25) is 0 Å². The summed E-state index contributed by atoms with van der Waals surface area (Å²) in [6, 6.07) is 6.74. The topological polar surface area (TPSA) is 55.6 Å². The van der Waals surface area contributed by atoms with Crippen LogP contribution in [0.3, 0.4) is 0 Å². The molecule has 7 heteroatoms. The van der Waals surface area contributed by atoms with E-state index >= 15 is 0 Å². The Hall–Kier alpha value is -2.96. The van der Waals surface area contributed by atoms with E-state index < -0.39 is 17.5 Å². The summed E-state index contributed by atoms with van der Waals surface area (Å²) in [6.07, 6.45) is 2.25. The van der Waals surface area contributed by atoms with Crippen molar-refractivity contribution < 1.29 is 18.3 Å². The van der Waals surface area contributed by atoms with Crippen molar-refractivity contribution in [3.8, 4) is 5.75 Å². The molecule has 1 N–H and O–H groups in total. The van der Waals surface area contributed by atoms with Crippen LogP contribution in [0, 0.1) is 11.6 Å². The van der Waals surface area contributed by atoms with Gasteiger partial charge in [-0.15, -0.1) is 0 Å². The van der Waals surface area contributed by atoms with Crippen LogP contribution < -0.4 is 10.1 Å². The first kappa shape index (κ1) is 16.9. The average Bonchev–Trinajstić information content (AvgIpc) is 2.98. The van der Waals surface area contributed by atoms with E-state index in [0.29, 0.717) is 35.8 Å². The first-order valence-corrected chi connectivity index (χ1v) is 7.94. The number of carbonyl (C=O) groups is 1. The number of carbonyl (C=O) groups excluding carboxylic acids is 1. The van der Waals surface area contributed by atoms with Crippen LogP contribution in [0.1, 0.15) is 30.0 Å². The Morgan fingerprint density at radius 2 is 2.04 bits per heavy atom. The molecular formula is C18H17F2N3O2. The van der Waals surface area contributed by atoms with E-state index in [1.807, 2.05) is 13.8 Å². The van der Waals surface area contributed by atoms with Gasteiger partial charge in [0, 0.05) is 18.0 Å². The van der Waals surface area contributed by atoms with Crippen molar-refractivity contribution in [3.63, 3.8) is 0 Å². The minimum Gasteiger partial charge on any atom is -0.490 e. The zero-order valence-corrected chi connectivity index (χ0v) is 13.8. The Labute approximate surface area is 143 Å².